The van der Waals surface area contributed by atoms with E-state index in [-0.39, 0.29) is 12.1 Å². The van der Waals surface area contributed by atoms with Gasteiger partial charge in [0.2, 0.25) is 0 Å². The zero-order valence-electron chi connectivity index (χ0n) is 10.7. The lowest BCUT2D eigenvalue weighted by molar-refractivity contribution is -0.147. The molecule has 100 valence electrons. The van der Waals surface area contributed by atoms with Crippen molar-refractivity contribution in [1.29, 1.82) is 0 Å². The van der Waals surface area contributed by atoms with Crippen molar-refractivity contribution in [3.05, 3.63) is 22.4 Å². The topological polar surface area (TPSA) is 55.8 Å². The van der Waals surface area contributed by atoms with E-state index in [9.17, 15) is 9.59 Å². The first-order chi connectivity index (χ1) is 8.54. The Morgan fingerprint density at radius 3 is 2.72 bits per heavy atom. The number of nitrogens with zero attached hydrogens (tertiary/aromatic N) is 1. The number of carbonyl (C=O) groups excluding carboxylic acids is 2. The van der Waals surface area contributed by atoms with Crippen molar-refractivity contribution >= 4 is 23.4 Å². The van der Waals surface area contributed by atoms with Crippen LogP contribution in [0.4, 0.5) is 4.79 Å². The molecule has 0 unspecified atom stereocenters. The minimum atomic E-state index is -0.400. The lowest BCUT2D eigenvalue weighted by atomic mass is 10.2. The number of methoxy groups -OCH3 is 1. The third-order valence-electron chi connectivity index (χ3n) is 2.38. The first kappa shape index (κ1) is 14.5. The Hall–Kier alpha value is -1.56. The Labute approximate surface area is 110 Å². The van der Waals surface area contributed by atoms with Crippen LogP contribution in [0.5, 0.6) is 0 Å². The van der Waals surface area contributed by atoms with Gasteiger partial charge in [-0.2, -0.15) is 0 Å². The third kappa shape index (κ3) is 4.37. The van der Waals surface area contributed by atoms with E-state index in [4.69, 9.17) is 4.74 Å². The van der Waals surface area contributed by atoms with Crippen LogP contribution < -0.4 is 0 Å². The van der Waals surface area contributed by atoms with Crippen LogP contribution in [0.2, 0.25) is 0 Å². The summed E-state index contributed by atoms with van der Waals surface area (Å²) in [7, 11) is 2.98. The molecule has 0 aliphatic carbocycles. The Bertz CT molecular complexity index is 391. The van der Waals surface area contributed by atoms with Gasteiger partial charge in [-0.05, 0) is 11.4 Å². The summed E-state index contributed by atoms with van der Waals surface area (Å²) in [5, 5.41) is 1.93. The summed E-state index contributed by atoms with van der Waals surface area (Å²) >= 11 is 1.53. The fourth-order valence-corrected chi connectivity index (χ4v) is 2.28. The Morgan fingerprint density at radius 2 is 2.22 bits per heavy atom. The van der Waals surface area contributed by atoms with E-state index in [1.165, 1.54) is 30.3 Å². The number of esters is 1. The average Bonchev–Trinajstić information content (AvgIpc) is 2.86. The van der Waals surface area contributed by atoms with Gasteiger partial charge >= 0.3 is 12.1 Å². The highest BCUT2D eigenvalue weighted by Gasteiger charge is 2.18. The summed E-state index contributed by atoms with van der Waals surface area (Å²) in [5.41, 5.74) is 0. The molecule has 1 aromatic rings. The van der Waals surface area contributed by atoms with Crippen LogP contribution >= 0.6 is 11.3 Å². The van der Waals surface area contributed by atoms with Gasteiger partial charge in [-0.25, -0.2) is 4.79 Å². The normalized spacial score (nSPS) is 11.7. The first-order valence-electron chi connectivity index (χ1n) is 5.54. The van der Waals surface area contributed by atoms with Crippen LogP contribution in [0.25, 0.3) is 0 Å². The van der Waals surface area contributed by atoms with E-state index < -0.39 is 6.09 Å². The van der Waals surface area contributed by atoms with Crippen molar-refractivity contribution in [1.82, 2.24) is 4.90 Å². The Morgan fingerprint density at radius 1 is 1.50 bits per heavy atom. The Balaban J connectivity index is 2.57. The molecule has 0 aliphatic rings. The molecule has 0 fully saturated rings. The van der Waals surface area contributed by atoms with E-state index in [0.717, 1.165) is 4.88 Å². The van der Waals surface area contributed by atoms with Crippen LogP contribution in [-0.4, -0.2) is 37.7 Å². The van der Waals surface area contributed by atoms with Gasteiger partial charge in [0.15, 0.2) is 0 Å². The average molecular weight is 271 g/mol. The fraction of sp³-hybridized carbons (Fsp3) is 0.500. The number of hydrogen-bond acceptors (Lipinski definition) is 5. The molecular weight excluding hydrogens is 254 g/mol. The zero-order valence-corrected chi connectivity index (χ0v) is 11.5. The molecule has 1 aromatic heterocycles. The molecule has 0 saturated carbocycles. The maximum Gasteiger partial charge on any atom is 0.409 e. The molecular formula is C12H17NO4S. The molecule has 1 heterocycles. The number of rotatable bonds is 5. The molecule has 18 heavy (non-hydrogen) atoms. The lowest BCUT2D eigenvalue weighted by Gasteiger charge is -2.20. The van der Waals surface area contributed by atoms with Gasteiger partial charge in [-0.15, -0.1) is 11.3 Å². The molecule has 5 nitrogen and oxygen atoms in total. The predicted molar refractivity (Wildman–Crippen MR) is 68.5 cm³/mol. The third-order valence-corrected chi connectivity index (χ3v) is 3.35. The molecule has 0 spiro atoms. The van der Waals surface area contributed by atoms with Crippen molar-refractivity contribution in [3.8, 4) is 0 Å². The van der Waals surface area contributed by atoms with E-state index in [0.29, 0.717) is 13.0 Å². The SMILES string of the molecule is COC(=O)N(C)CC[C@H](OC(C)=O)c1cccs1. The van der Waals surface area contributed by atoms with E-state index >= 15 is 0 Å². The fourth-order valence-electron chi connectivity index (χ4n) is 1.49. The second-order valence-corrected chi connectivity index (χ2v) is 4.77. The maximum absolute atomic E-state index is 11.2. The van der Waals surface area contributed by atoms with Crippen molar-refractivity contribution < 1.29 is 19.1 Å². The minimum absolute atomic E-state index is 0.311. The first-order valence-corrected chi connectivity index (χ1v) is 6.42. The second kappa shape index (κ2) is 7.00. The standard InChI is InChI=1S/C12H17NO4S/c1-9(14)17-10(11-5-4-8-18-11)6-7-13(2)12(15)16-3/h4-5,8,10H,6-7H2,1-3H3/t10-/m0/s1. The molecule has 1 atom stereocenters. The molecule has 0 bridgehead atoms. The highest BCUT2D eigenvalue weighted by Crippen LogP contribution is 2.26. The van der Waals surface area contributed by atoms with Gasteiger partial charge in [-0.3, -0.25) is 4.79 Å². The van der Waals surface area contributed by atoms with E-state index in [2.05, 4.69) is 4.74 Å². The van der Waals surface area contributed by atoms with Crippen LogP contribution in [0.3, 0.4) is 0 Å². The van der Waals surface area contributed by atoms with Crippen LogP contribution in [-0.2, 0) is 14.3 Å². The maximum atomic E-state index is 11.2. The highest BCUT2D eigenvalue weighted by atomic mass is 32.1. The number of amides is 1. The molecule has 0 aliphatic heterocycles. The monoisotopic (exact) mass is 271 g/mol. The number of hydrogen-bond donors (Lipinski definition) is 0. The van der Waals surface area contributed by atoms with Crippen LogP contribution in [0.15, 0.2) is 17.5 Å². The summed E-state index contributed by atoms with van der Waals surface area (Å²) in [6.07, 6.45) is -0.163. The number of thiophene rings is 1. The van der Waals surface area contributed by atoms with E-state index in [1.807, 2.05) is 17.5 Å². The second-order valence-electron chi connectivity index (χ2n) is 3.79. The van der Waals surface area contributed by atoms with E-state index in [1.54, 1.807) is 7.05 Å². The number of carbonyl (C=O) groups is 2. The summed E-state index contributed by atoms with van der Waals surface area (Å²) in [5.74, 6) is -0.325. The van der Waals surface area contributed by atoms with Crippen LogP contribution in [0, 0.1) is 0 Å². The molecule has 1 rings (SSSR count). The molecule has 0 radical (unpaired) electrons. The van der Waals surface area contributed by atoms with Crippen molar-refractivity contribution in [3.63, 3.8) is 0 Å². The van der Waals surface area contributed by atoms with Crippen molar-refractivity contribution in [2.24, 2.45) is 0 Å². The van der Waals surface area contributed by atoms with Gasteiger partial charge in [0.25, 0.3) is 0 Å². The predicted octanol–water partition coefficient (Wildman–Crippen LogP) is 2.44. The van der Waals surface area contributed by atoms with Gasteiger partial charge in [0, 0.05) is 31.8 Å². The van der Waals surface area contributed by atoms with Gasteiger partial charge in [0.05, 0.1) is 7.11 Å². The van der Waals surface area contributed by atoms with Gasteiger partial charge < -0.3 is 14.4 Å². The summed E-state index contributed by atoms with van der Waals surface area (Å²) < 4.78 is 9.85. The molecule has 0 N–H and O–H groups in total. The van der Waals surface area contributed by atoms with Gasteiger partial charge in [0.1, 0.15) is 6.10 Å². The smallest absolute Gasteiger partial charge is 0.409 e. The largest absolute Gasteiger partial charge is 0.457 e. The lowest BCUT2D eigenvalue weighted by Crippen LogP contribution is -2.28. The minimum Gasteiger partial charge on any atom is -0.457 e. The molecule has 0 aromatic carbocycles. The zero-order chi connectivity index (χ0) is 13.5. The summed E-state index contributed by atoms with van der Waals surface area (Å²) in [6, 6.07) is 3.82. The van der Waals surface area contributed by atoms with Crippen LogP contribution in [0.1, 0.15) is 24.3 Å². The summed E-state index contributed by atoms with van der Waals surface area (Å²) in [6.45, 7) is 1.84. The van der Waals surface area contributed by atoms with Gasteiger partial charge in [-0.1, -0.05) is 6.07 Å². The number of ether oxygens (including phenoxy) is 2. The van der Waals surface area contributed by atoms with Crippen molar-refractivity contribution in [2.45, 2.75) is 19.4 Å². The highest BCUT2D eigenvalue weighted by molar-refractivity contribution is 7.10. The summed E-state index contributed by atoms with van der Waals surface area (Å²) in [4.78, 5) is 24.7. The molecule has 6 heteroatoms. The van der Waals surface area contributed by atoms with Crippen molar-refractivity contribution in [2.75, 3.05) is 20.7 Å². The molecule has 1 amide bonds. The quantitative estimate of drug-likeness (QED) is 0.772. The Kier molecular flexibility index (Phi) is 5.64. The molecule has 0 saturated heterocycles.